The minimum absolute atomic E-state index is 0.0428. The highest BCUT2D eigenvalue weighted by molar-refractivity contribution is 7.83. The Morgan fingerprint density at radius 3 is 1.73 bits per heavy atom. The number of hydrogen-bond acceptors (Lipinski definition) is 3. The fraction of sp³-hybridized carbons (Fsp3) is 1.00. The van der Waals surface area contributed by atoms with Crippen LogP contribution in [0.2, 0.25) is 0 Å². The fourth-order valence-electron chi connectivity index (χ4n) is 3.35. The first-order valence-corrected chi connectivity index (χ1v) is 12.2. The van der Waals surface area contributed by atoms with Gasteiger partial charge in [0.25, 0.3) is 0 Å². The van der Waals surface area contributed by atoms with E-state index in [1.54, 1.807) is 0 Å². The second-order valence-electron chi connectivity index (χ2n) is 7.91. The van der Waals surface area contributed by atoms with Crippen LogP contribution < -0.4 is 4.72 Å². The minimum atomic E-state index is -3.97. The molecule has 26 heavy (non-hydrogen) atoms. The van der Waals surface area contributed by atoms with Crippen molar-refractivity contribution >= 4 is 10.3 Å². The summed E-state index contributed by atoms with van der Waals surface area (Å²) in [6.45, 7) is 3.54. The third-order valence-corrected chi connectivity index (χ3v) is 5.51. The van der Waals surface area contributed by atoms with Gasteiger partial charge in [-0.25, -0.2) is 0 Å². The summed E-state index contributed by atoms with van der Waals surface area (Å²) in [6, 6.07) is -0.0428. The van der Waals surface area contributed by atoms with Gasteiger partial charge in [0.05, 0.1) is 0 Å². The van der Waals surface area contributed by atoms with E-state index < -0.39 is 10.3 Å². The zero-order valence-electron chi connectivity index (χ0n) is 17.5. The van der Waals surface area contributed by atoms with Crippen molar-refractivity contribution in [3.05, 3.63) is 0 Å². The molecule has 1 fully saturated rings. The second-order valence-corrected chi connectivity index (χ2v) is 9.10. The molecule has 0 heterocycles. The highest BCUT2D eigenvalue weighted by Gasteiger charge is 2.17. The van der Waals surface area contributed by atoms with E-state index in [4.69, 9.17) is 4.55 Å². The zero-order chi connectivity index (χ0) is 19.7. The highest BCUT2D eigenvalue weighted by atomic mass is 32.2. The standard InChI is InChI=1S/C14H31N.C6H13NO3S/c1-4-5-6-7-8-9-10-11-12-13-14-15(2)3;8-11(9,10)7-6-4-2-1-3-5-6/h4-14H2,1-3H3;6-7H,1-5H2,(H,8,9,10). The topological polar surface area (TPSA) is 69.6 Å². The van der Waals surface area contributed by atoms with Crippen LogP contribution in [0.4, 0.5) is 0 Å². The Kier molecular flexibility index (Phi) is 16.9. The molecule has 0 atom stereocenters. The van der Waals surface area contributed by atoms with E-state index in [1.807, 2.05) is 0 Å². The molecule has 0 unspecified atom stereocenters. The Morgan fingerprint density at radius 2 is 1.31 bits per heavy atom. The maximum absolute atomic E-state index is 10.3. The molecular formula is C20H44N2O3S. The Morgan fingerprint density at radius 1 is 0.846 bits per heavy atom. The third-order valence-electron chi connectivity index (χ3n) is 4.88. The Hall–Kier alpha value is -0.170. The summed E-state index contributed by atoms with van der Waals surface area (Å²) in [6.07, 6.45) is 19.3. The molecule has 0 radical (unpaired) electrons. The van der Waals surface area contributed by atoms with Gasteiger partial charge < -0.3 is 4.90 Å². The van der Waals surface area contributed by atoms with Gasteiger partial charge >= 0.3 is 10.3 Å². The van der Waals surface area contributed by atoms with Crippen LogP contribution in [0.5, 0.6) is 0 Å². The largest absolute Gasteiger partial charge is 0.333 e. The van der Waals surface area contributed by atoms with Gasteiger partial charge in [-0.2, -0.15) is 13.1 Å². The molecule has 158 valence electrons. The molecule has 0 spiro atoms. The summed E-state index contributed by atoms with van der Waals surface area (Å²) in [5.41, 5.74) is 0. The predicted molar refractivity (Wildman–Crippen MR) is 112 cm³/mol. The Labute approximate surface area is 163 Å². The lowest BCUT2D eigenvalue weighted by Crippen LogP contribution is -2.35. The third kappa shape index (κ3) is 20.1. The molecule has 0 bridgehead atoms. The maximum Gasteiger partial charge on any atom is 0.333 e. The van der Waals surface area contributed by atoms with E-state index in [2.05, 4.69) is 30.6 Å². The van der Waals surface area contributed by atoms with Crippen molar-refractivity contribution < 1.29 is 13.0 Å². The first kappa shape index (κ1) is 25.8. The van der Waals surface area contributed by atoms with Gasteiger partial charge in [-0.1, -0.05) is 84.0 Å². The second kappa shape index (κ2) is 17.0. The number of nitrogens with zero attached hydrogens (tertiary/aromatic N) is 1. The van der Waals surface area contributed by atoms with Crippen molar-refractivity contribution in [2.75, 3.05) is 20.6 Å². The van der Waals surface area contributed by atoms with Gasteiger partial charge in [0.15, 0.2) is 0 Å². The summed E-state index contributed by atoms with van der Waals surface area (Å²) in [7, 11) is 0.347. The highest BCUT2D eigenvalue weighted by Crippen LogP contribution is 2.17. The predicted octanol–water partition coefficient (Wildman–Crippen LogP) is 5.18. The monoisotopic (exact) mass is 392 g/mol. The number of hydrogen-bond donors (Lipinski definition) is 2. The van der Waals surface area contributed by atoms with E-state index in [-0.39, 0.29) is 6.04 Å². The van der Waals surface area contributed by atoms with Crippen molar-refractivity contribution in [2.45, 2.75) is 109 Å². The minimum Gasteiger partial charge on any atom is -0.309 e. The van der Waals surface area contributed by atoms with E-state index in [0.29, 0.717) is 0 Å². The molecule has 1 rings (SSSR count). The molecule has 2 N–H and O–H groups in total. The van der Waals surface area contributed by atoms with Crippen molar-refractivity contribution in [1.29, 1.82) is 0 Å². The smallest absolute Gasteiger partial charge is 0.309 e. The molecule has 0 aromatic rings. The fourth-order valence-corrected chi connectivity index (χ4v) is 4.00. The van der Waals surface area contributed by atoms with Crippen LogP contribution in [0.3, 0.4) is 0 Å². The van der Waals surface area contributed by atoms with Gasteiger partial charge in [0, 0.05) is 6.04 Å². The van der Waals surface area contributed by atoms with E-state index in [1.165, 1.54) is 77.2 Å². The average Bonchev–Trinajstić information content (AvgIpc) is 2.56. The van der Waals surface area contributed by atoms with Crippen molar-refractivity contribution in [3.63, 3.8) is 0 Å². The summed E-state index contributed by atoms with van der Waals surface area (Å²) in [4.78, 5) is 2.28. The maximum atomic E-state index is 10.3. The number of rotatable bonds is 13. The van der Waals surface area contributed by atoms with Crippen LogP contribution in [-0.4, -0.2) is 44.6 Å². The van der Waals surface area contributed by atoms with Gasteiger partial charge in [-0.15, -0.1) is 0 Å². The van der Waals surface area contributed by atoms with Gasteiger partial charge in [-0.05, 0) is 39.9 Å². The molecule has 6 heteroatoms. The van der Waals surface area contributed by atoms with Crippen molar-refractivity contribution in [3.8, 4) is 0 Å². The SMILES string of the molecule is CCCCCCCCCCCCN(C)C.O=S(=O)(O)NC1CCCCC1. The normalized spacial score (nSPS) is 15.7. The quantitative estimate of drug-likeness (QED) is 0.335. The van der Waals surface area contributed by atoms with Gasteiger partial charge in [0.2, 0.25) is 0 Å². The number of unbranched alkanes of at least 4 members (excludes halogenated alkanes) is 9. The zero-order valence-corrected chi connectivity index (χ0v) is 18.3. The lowest BCUT2D eigenvalue weighted by Gasteiger charge is -2.20. The molecule has 1 saturated carbocycles. The summed E-state index contributed by atoms with van der Waals surface area (Å²) < 4.78 is 31.3. The lowest BCUT2D eigenvalue weighted by molar-refractivity contribution is 0.389. The van der Waals surface area contributed by atoms with Crippen LogP contribution in [-0.2, 0) is 10.3 Å². The van der Waals surface area contributed by atoms with Crippen molar-refractivity contribution in [1.82, 2.24) is 9.62 Å². The van der Waals surface area contributed by atoms with Crippen LogP contribution in [0.15, 0.2) is 0 Å². The summed E-state index contributed by atoms with van der Waals surface area (Å²) in [5, 5.41) is 0. The number of nitrogens with one attached hydrogen (secondary N) is 1. The first-order chi connectivity index (χ1) is 12.3. The molecule has 1 aliphatic rings. The van der Waals surface area contributed by atoms with E-state index in [9.17, 15) is 8.42 Å². The molecule has 0 saturated heterocycles. The van der Waals surface area contributed by atoms with E-state index >= 15 is 0 Å². The molecule has 0 amide bonds. The molecule has 5 nitrogen and oxygen atoms in total. The molecule has 1 aliphatic carbocycles. The molecule has 0 aliphatic heterocycles. The van der Waals surface area contributed by atoms with Crippen molar-refractivity contribution in [2.24, 2.45) is 0 Å². The van der Waals surface area contributed by atoms with Gasteiger partial charge in [0.1, 0.15) is 0 Å². The lowest BCUT2D eigenvalue weighted by atomic mass is 9.96. The van der Waals surface area contributed by atoms with Crippen LogP contribution in [0.1, 0.15) is 103 Å². The molecule has 0 aromatic heterocycles. The summed E-state index contributed by atoms with van der Waals surface area (Å²) in [5.74, 6) is 0. The van der Waals surface area contributed by atoms with Crippen LogP contribution in [0, 0.1) is 0 Å². The van der Waals surface area contributed by atoms with Crippen LogP contribution in [0.25, 0.3) is 0 Å². The molecular weight excluding hydrogens is 348 g/mol. The summed E-state index contributed by atoms with van der Waals surface area (Å²) >= 11 is 0. The van der Waals surface area contributed by atoms with E-state index in [0.717, 1.165) is 25.7 Å². The van der Waals surface area contributed by atoms with Crippen LogP contribution >= 0.6 is 0 Å². The first-order valence-electron chi connectivity index (χ1n) is 10.7. The Bertz CT molecular complexity index is 394. The molecule has 0 aromatic carbocycles. The average molecular weight is 393 g/mol. The Balaban J connectivity index is 0.000000502. The van der Waals surface area contributed by atoms with Gasteiger partial charge in [-0.3, -0.25) is 4.55 Å².